The Hall–Kier alpha value is -3.23. The number of rotatable bonds is 5. The van der Waals surface area contributed by atoms with E-state index >= 15 is 0 Å². The smallest absolute Gasteiger partial charge is 0.242 e. The Labute approximate surface area is 224 Å². The van der Waals surface area contributed by atoms with Gasteiger partial charge in [-0.05, 0) is 37.2 Å². The minimum Gasteiger partial charge on any atom is -0.354 e. The van der Waals surface area contributed by atoms with Crippen LogP contribution in [-0.4, -0.2) is 63.3 Å². The predicted octanol–water partition coefficient (Wildman–Crippen LogP) is 2.65. The number of aromatic nitrogens is 3. The van der Waals surface area contributed by atoms with E-state index in [1.165, 1.54) is 25.7 Å². The van der Waals surface area contributed by atoms with Gasteiger partial charge in [0.1, 0.15) is 6.04 Å². The maximum absolute atomic E-state index is 14.0. The quantitative estimate of drug-likeness (QED) is 0.630. The molecule has 1 aromatic carbocycles. The number of hydrogen-bond donors (Lipinski definition) is 2. The van der Waals surface area contributed by atoms with Crippen LogP contribution in [0.5, 0.6) is 0 Å². The lowest BCUT2D eigenvalue weighted by atomic mass is 9.73. The first kappa shape index (κ1) is 26.4. The topological polar surface area (TPSA) is 109 Å². The van der Waals surface area contributed by atoms with Gasteiger partial charge in [-0.2, -0.15) is 0 Å². The molecule has 1 atom stereocenters. The van der Waals surface area contributed by atoms with Crippen molar-refractivity contribution in [2.75, 3.05) is 19.6 Å². The van der Waals surface area contributed by atoms with Crippen LogP contribution in [0.3, 0.4) is 0 Å². The zero-order chi connectivity index (χ0) is 26.4. The van der Waals surface area contributed by atoms with Gasteiger partial charge in [0.05, 0.1) is 11.1 Å². The zero-order valence-electron chi connectivity index (χ0n) is 22.2. The fourth-order valence-corrected chi connectivity index (χ4v) is 6.27. The molecule has 2 bridgehead atoms. The van der Waals surface area contributed by atoms with Crippen molar-refractivity contribution in [2.45, 2.75) is 83.2 Å². The normalized spacial score (nSPS) is 22.7. The maximum atomic E-state index is 14.0. The van der Waals surface area contributed by atoms with Crippen molar-refractivity contribution in [1.82, 2.24) is 30.5 Å². The molecule has 1 spiro atoms. The average molecular weight is 521 g/mol. The largest absolute Gasteiger partial charge is 0.354 e. The molecule has 1 saturated carbocycles. The van der Waals surface area contributed by atoms with Gasteiger partial charge >= 0.3 is 0 Å². The maximum Gasteiger partial charge on any atom is 0.242 e. The van der Waals surface area contributed by atoms with Crippen molar-refractivity contribution in [3.05, 3.63) is 47.8 Å². The summed E-state index contributed by atoms with van der Waals surface area (Å²) < 4.78 is 1.79. The SMILES string of the molecule is O=C1NCCCn2cc(nn2)CC2(CCN(C(=O)CCC3CCCC3)CC2)C(=O)N[C@H]1Cc1ccccc1. The number of piperidine rings is 1. The highest BCUT2D eigenvalue weighted by atomic mass is 16.2. The first-order chi connectivity index (χ1) is 18.5. The first-order valence-electron chi connectivity index (χ1n) is 14.3. The number of hydrogen-bond acceptors (Lipinski definition) is 5. The summed E-state index contributed by atoms with van der Waals surface area (Å²) in [4.78, 5) is 42.1. The third kappa shape index (κ3) is 6.42. The highest BCUT2D eigenvalue weighted by molar-refractivity contribution is 5.90. The van der Waals surface area contributed by atoms with Gasteiger partial charge in [0, 0.05) is 51.6 Å². The van der Waals surface area contributed by atoms with E-state index in [2.05, 4.69) is 20.9 Å². The molecule has 3 heterocycles. The van der Waals surface area contributed by atoms with Crippen LogP contribution in [0.2, 0.25) is 0 Å². The van der Waals surface area contributed by atoms with Gasteiger partial charge in [0.2, 0.25) is 17.7 Å². The molecule has 2 aliphatic heterocycles. The van der Waals surface area contributed by atoms with Crippen LogP contribution in [0, 0.1) is 11.3 Å². The standard InChI is InChI=1S/C29H40N6O3/c36-26(12-11-22-7-4-5-8-22)34-17-13-29(14-18-34)20-24-21-35(33-32-24)16-6-15-30-27(37)25(31-28(29)38)19-23-9-2-1-3-10-23/h1-3,9-10,21-22,25H,4-8,11-20H2,(H,30,37)(H,31,38)/t25-/m0/s1. The lowest BCUT2D eigenvalue weighted by molar-refractivity contribution is -0.142. The van der Waals surface area contributed by atoms with E-state index in [9.17, 15) is 14.4 Å². The number of nitrogens with one attached hydrogen (secondary N) is 2. The van der Waals surface area contributed by atoms with E-state index in [-0.39, 0.29) is 17.7 Å². The average Bonchev–Trinajstić information content (AvgIpc) is 3.62. The van der Waals surface area contributed by atoms with Crippen molar-refractivity contribution in [1.29, 1.82) is 0 Å². The van der Waals surface area contributed by atoms with Crippen molar-refractivity contribution in [3.63, 3.8) is 0 Å². The third-order valence-corrected chi connectivity index (χ3v) is 8.67. The van der Waals surface area contributed by atoms with Gasteiger partial charge in [-0.1, -0.05) is 61.2 Å². The minimum absolute atomic E-state index is 0.138. The summed E-state index contributed by atoms with van der Waals surface area (Å²) >= 11 is 0. The Bertz CT molecular complexity index is 1100. The molecule has 9 heteroatoms. The Morgan fingerprint density at radius 1 is 1.03 bits per heavy atom. The van der Waals surface area contributed by atoms with Crippen LogP contribution >= 0.6 is 0 Å². The van der Waals surface area contributed by atoms with Gasteiger partial charge in [0.15, 0.2) is 0 Å². The molecular formula is C29H40N6O3. The van der Waals surface area contributed by atoms with E-state index in [0.29, 0.717) is 64.2 Å². The highest BCUT2D eigenvalue weighted by Crippen LogP contribution is 2.36. The van der Waals surface area contributed by atoms with E-state index in [4.69, 9.17) is 0 Å². The molecule has 2 N–H and O–H groups in total. The molecule has 0 radical (unpaired) electrons. The van der Waals surface area contributed by atoms with Crippen molar-refractivity contribution in [3.8, 4) is 0 Å². The molecule has 1 aliphatic carbocycles. The first-order valence-corrected chi connectivity index (χ1v) is 14.3. The molecule has 9 nitrogen and oxygen atoms in total. The predicted molar refractivity (Wildman–Crippen MR) is 143 cm³/mol. The Morgan fingerprint density at radius 3 is 2.55 bits per heavy atom. The third-order valence-electron chi connectivity index (χ3n) is 8.67. The second-order valence-corrected chi connectivity index (χ2v) is 11.4. The van der Waals surface area contributed by atoms with E-state index < -0.39 is 11.5 Å². The Balaban J connectivity index is 1.31. The second-order valence-electron chi connectivity index (χ2n) is 11.4. The minimum atomic E-state index is -0.744. The van der Waals surface area contributed by atoms with Gasteiger partial charge < -0.3 is 15.5 Å². The van der Waals surface area contributed by atoms with Crippen molar-refractivity contribution >= 4 is 17.7 Å². The molecule has 1 saturated heterocycles. The molecule has 38 heavy (non-hydrogen) atoms. The van der Waals surface area contributed by atoms with E-state index in [0.717, 1.165) is 24.1 Å². The number of nitrogens with zero attached hydrogens (tertiary/aromatic N) is 4. The monoisotopic (exact) mass is 520 g/mol. The fraction of sp³-hybridized carbons (Fsp3) is 0.621. The number of likely N-dealkylation sites (tertiary alicyclic amines) is 1. The van der Waals surface area contributed by atoms with Crippen LogP contribution < -0.4 is 10.6 Å². The lowest BCUT2D eigenvalue weighted by Gasteiger charge is -2.41. The molecule has 3 aliphatic rings. The van der Waals surface area contributed by atoms with Crippen LogP contribution in [0.1, 0.15) is 69.0 Å². The van der Waals surface area contributed by atoms with Gasteiger partial charge in [-0.3, -0.25) is 19.1 Å². The summed E-state index contributed by atoms with van der Waals surface area (Å²) in [7, 11) is 0. The van der Waals surface area contributed by atoms with Crippen LogP contribution in [0.15, 0.2) is 36.5 Å². The number of amides is 3. The van der Waals surface area contributed by atoms with Crippen molar-refractivity contribution in [2.24, 2.45) is 11.3 Å². The molecule has 204 valence electrons. The molecule has 2 fully saturated rings. The molecule has 1 aromatic heterocycles. The van der Waals surface area contributed by atoms with E-state index in [1.54, 1.807) is 4.68 Å². The van der Waals surface area contributed by atoms with Gasteiger partial charge in [0.25, 0.3) is 0 Å². The number of benzene rings is 1. The highest BCUT2D eigenvalue weighted by Gasteiger charge is 2.44. The molecular weight excluding hydrogens is 480 g/mol. The number of aryl methyl sites for hydroxylation is 1. The van der Waals surface area contributed by atoms with Gasteiger partial charge in [-0.15, -0.1) is 5.10 Å². The second kappa shape index (κ2) is 12.1. The molecule has 3 amide bonds. The van der Waals surface area contributed by atoms with Gasteiger partial charge in [-0.25, -0.2) is 0 Å². The number of carbonyl (C=O) groups is 3. The summed E-state index contributed by atoms with van der Waals surface area (Å²) in [5.41, 5.74) is 1.03. The number of carbonyl (C=O) groups excluding carboxylic acids is 3. The molecule has 5 rings (SSSR count). The van der Waals surface area contributed by atoms with Crippen LogP contribution in [-0.2, 0) is 33.8 Å². The fourth-order valence-electron chi connectivity index (χ4n) is 6.27. The number of fused-ring (bicyclic) bond motifs is 2. The lowest BCUT2D eigenvalue weighted by Crippen LogP contribution is -2.56. The van der Waals surface area contributed by atoms with Crippen LogP contribution in [0.25, 0.3) is 0 Å². The zero-order valence-corrected chi connectivity index (χ0v) is 22.2. The van der Waals surface area contributed by atoms with Crippen molar-refractivity contribution < 1.29 is 14.4 Å². The van der Waals surface area contributed by atoms with Crippen LogP contribution in [0.4, 0.5) is 0 Å². The summed E-state index contributed by atoms with van der Waals surface area (Å²) in [6, 6.07) is 9.11. The Morgan fingerprint density at radius 2 is 1.79 bits per heavy atom. The molecule has 2 aromatic rings. The summed E-state index contributed by atoms with van der Waals surface area (Å²) in [5, 5.41) is 14.7. The summed E-state index contributed by atoms with van der Waals surface area (Å²) in [6.45, 7) is 2.23. The van der Waals surface area contributed by atoms with E-state index in [1.807, 2.05) is 41.4 Å². The summed E-state index contributed by atoms with van der Waals surface area (Å²) in [5.74, 6) is 0.575. The summed E-state index contributed by atoms with van der Waals surface area (Å²) in [6.07, 6.45) is 11.2. The Kier molecular flexibility index (Phi) is 8.39. The molecule has 0 unspecified atom stereocenters.